The van der Waals surface area contributed by atoms with Gasteiger partial charge < -0.3 is 15.0 Å². The molecule has 0 bridgehead atoms. The highest BCUT2D eigenvalue weighted by Crippen LogP contribution is 2.25. The maximum atomic E-state index is 13.5. The highest BCUT2D eigenvalue weighted by atomic mass is 16.5. The van der Waals surface area contributed by atoms with Crippen molar-refractivity contribution in [2.45, 2.75) is 39.7 Å². The van der Waals surface area contributed by atoms with E-state index in [1.165, 1.54) is 18.7 Å². The Balaban J connectivity index is 1.78. The molecular formula is C25H29N5O5. The zero-order valence-electron chi connectivity index (χ0n) is 20.4. The average molecular weight is 480 g/mol. The zero-order valence-corrected chi connectivity index (χ0v) is 20.4. The van der Waals surface area contributed by atoms with Gasteiger partial charge in [-0.25, -0.2) is 9.78 Å². The molecule has 184 valence electrons. The third kappa shape index (κ3) is 4.68. The van der Waals surface area contributed by atoms with Crippen molar-refractivity contribution < 1.29 is 14.3 Å². The molecule has 1 aliphatic rings. The second-order valence-corrected chi connectivity index (χ2v) is 8.85. The van der Waals surface area contributed by atoms with E-state index in [1.807, 2.05) is 13.0 Å². The number of ether oxygens (including phenoxy) is 1. The first-order valence-corrected chi connectivity index (χ1v) is 11.6. The van der Waals surface area contributed by atoms with E-state index in [0.717, 1.165) is 29.4 Å². The number of aryl methyl sites for hydroxylation is 3. The Morgan fingerprint density at radius 2 is 1.80 bits per heavy atom. The van der Waals surface area contributed by atoms with Crippen molar-refractivity contribution in [3.8, 4) is 5.75 Å². The van der Waals surface area contributed by atoms with Gasteiger partial charge in [0.25, 0.3) is 11.5 Å². The van der Waals surface area contributed by atoms with Crippen molar-refractivity contribution in [3.05, 3.63) is 61.9 Å². The normalized spacial score (nSPS) is 13.7. The number of carbonyl (C=O) groups excluding carboxylic acids is 2. The van der Waals surface area contributed by atoms with Crippen LogP contribution < -0.4 is 21.3 Å². The van der Waals surface area contributed by atoms with Gasteiger partial charge in [-0.05, 0) is 56.9 Å². The van der Waals surface area contributed by atoms with E-state index in [4.69, 9.17) is 4.74 Å². The second-order valence-electron chi connectivity index (χ2n) is 8.85. The summed E-state index contributed by atoms with van der Waals surface area (Å²) in [5, 5.41) is 2.74. The smallest absolute Gasteiger partial charge is 0.332 e. The lowest BCUT2D eigenvalue weighted by Gasteiger charge is -2.27. The molecule has 1 fully saturated rings. The standard InChI is InChI=1S/C25H29N5O5/c1-15-8-9-19(35-4)18(12-15)27-20(31)14-30-24(33)21-17(23(32)29-10-6-5-7-11-29)13-16(2)26-22(21)28(3)25(30)34/h8-9,12-13H,5-7,10-11,14H2,1-4H3,(H,27,31). The fourth-order valence-corrected chi connectivity index (χ4v) is 4.43. The number of pyridine rings is 1. The highest BCUT2D eigenvalue weighted by Gasteiger charge is 2.25. The van der Waals surface area contributed by atoms with E-state index >= 15 is 0 Å². The van der Waals surface area contributed by atoms with E-state index in [9.17, 15) is 19.2 Å². The first kappa shape index (κ1) is 24.2. The maximum Gasteiger partial charge on any atom is 0.332 e. The molecule has 2 amide bonds. The molecule has 2 aromatic heterocycles. The van der Waals surface area contributed by atoms with Crippen LogP contribution in [0.15, 0.2) is 33.9 Å². The molecule has 0 atom stereocenters. The number of nitrogens with one attached hydrogen (secondary N) is 1. The monoisotopic (exact) mass is 479 g/mol. The molecule has 0 unspecified atom stereocenters. The topological polar surface area (TPSA) is 116 Å². The summed E-state index contributed by atoms with van der Waals surface area (Å²) in [6, 6.07) is 6.87. The van der Waals surface area contributed by atoms with Gasteiger partial charge in [-0.3, -0.25) is 23.5 Å². The number of likely N-dealkylation sites (tertiary alicyclic amines) is 1. The number of hydrogen-bond acceptors (Lipinski definition) is 6. The Bertz CT molecular complexity index is 1430. The molecular weight excluding hydrogens is 450 g/mol. The minimum absolute atomic E-state index is 0.0363. The molecule has 35 heavy (non-hydrogen) atoms. The van der Waals surface area contributed by atoms with E-state index in [2.05, 4.69) is 10.3 Å². The molecule has 0 radical (unpaired) electrons. The Kier molecular flexibility index (Phi) is 6.72. The molecule has 0 saturated carbocycles. The van der Waals surface area contributed by atoms with E-state index in [0.29, 0.717) is 30.2 Å². The predicted molar refractivity (Wildman–Crippen MR) is 132 cm³/mol. The van der Waals surface area contributed by atoms with Gasteiger partial charge in [-0.1, -0.05) is 6.07 Å². The number of anilines is 1. The summed E-state index contributed by atoms with van der Waals surface area (Å²) < 4.78 is 7.33. The van der Waals surface area contributed by atoms with Crippen LogP contribution in [-0.4, -0.2) is 51.0 Å². The SMILES string of the molecule is COc1ccc(C)cc1NC(=O)Cn1c(=O)c2c(C(=O)N3CCCCC3)cc(C)nc2n(C)c1=O. The Hall–Kier alpha value is -3.95. The summed E-state index contributed by atoms with van der Waals surface area (Å²) in [5.41, 5.74) is 0.769. The number of rotatable bonds is 5. The number of piperidine rings is 1. The van der Waals surface area contributed by atoms with Crippen LogP contribution in [0.25, 0.3) is 11.0 Å². The number of aromatic nitrogens is 3. The van der Waals surface area contributed by atoms with Crippen LogP contribution in [0.2, 0.25) is 0 Å². The van der Waals surface area contributed by atoms with E-state index in [1.54, 1.807) is 30.0 Å². The third-order valence-electron chi connectivity index (χ3n) is 6.23. The summed E-state index contributed by atoms with van der Waals surface area (Å²) in [6.45, 7) is 4.29. The van der Waals surface area contributed by atoms with E-state index < -0.39 is 23.7 Å². The average Bonchev–Trinajstić information content (AvgIpc) is 2.85. The number of fused-ring (bicyclic) bond motifs is 1. The quantitative estimate of drug-likeness (QED) is 0.598. The summed E-state index contributed by atoms with van der Waals surface area (Å²) >= 11 is 0. The molecule has 1 aliphatic heterocycles. The van der Waals surface area contributed by atoms with Crippen LogP contribution in [0.3, 0.4) is 0 Å². The zero-order chi connectivity index (χ0) is 25.3. The summed E-state index contributed by atoms with van der Waals surface area (Å²) in [7, 11) is 2.96. The van der Waals surface area contributed by atoms with Gasteiger partial charge in [0.05, 0.1) is 23.7 Å². The minimum atomic E-state index is -0.720. The van der Waals surface area contributed by atoms with Crippen molar-refractivity contribution >= 4 is 28.5 Å². The lowest BCUT2D eigenvalue weighted by atomic mass is 10.1. The largest absolute Gasteiger partial charge is 0.495 e. The predicted octanol–water partition coefficient (Wildman–Crippen LogP) is 1.99. The van der Waals surface area contributed by atoms with Gasteiger partial charge in [0, 0.05) is 25.8 Å². The molecule has 1 saturated heterocycles. The second kappa shape index (κ2) is 9.73. The van der Waals surface area contributed by atoms with Gasteiger partial charge in [-0.15, -0.1) is 0 Å². The van der Waals surface area contributed by atoms with Crippen LogP contribution in [0.1, 0.15) is 40.9 Å². The van der Waals surface area contributed by atoms with Crippen molar-refractivity contribution in [1.29, 1.82) is 0 Å². The molecule has 1 aromatic carbocycles. The lowest BCUT2D eigenvalue weighted by molar-refractivity contribution is -0.116. The van der Waals surface area contributed by atoms with Crippen LogP contribution >= 0.6 is 0 Å². The molecule has 10 heteroatoms. The van der Waals surface area contributed by atoms with Gasteiger partial charge in [0.15, 0.2) is 0 Å². The first-order chi connectivity index (χ1) is 16.7. The molecule has 10 nitrogen and oxygen atoms in total. The molecule has 0 aliphatic carbocycles. The van der Waals surface area contributed by atoms with Gasteiger partial charge in [0.2, 0.25) is 5.91 Å². The Labute approximate surface area is 202 Å². The van der Waals surface area contributed by atoms with Gasteiger partial charge in [-0.2, -0.15) is 0 Å². The van der Waals surface area contributed by atoms with Gasteiger partial charge >= 0.3 is 5.69 Å². The molecule has 3 aromatic rings. The summed E-state index contributed by atoms with van der Waals surface area (Å²) in [4.78, 5) is 58.9. The number of nitrogens with zero attached hydrogens (tertiary/aromatic N) is 4. The number of carbonyl (C=O) groups is 2. The first-order valence-electron chi connectivity index (χ1n) is 11.6. The fraction of sp³-hybridized carbons (Fsp3) is 0.400. The number of hydrogen-bond donors (Lipinski definition) is 1. The third-order valence-corrected chi connectivity index (χ3v) is 6.23. The molecule has 4 rings (SSSR count). The van der Waals surface area contributed by atoms with Crippen LogP contribution in [0.4, 0.5) is 5.69 Å². The van der Waals surface area contributed by atoms with Crippen molar-refractivity contribution in [2.24, 2.45) is 7.05 Å². The van der Waals surface area contributed by atoms with Crippen molar-refractivity contribution in [1.82, 2.24) is 19.0 Å². The van der Waals surface area contributed by atoms with Crippen molar-refractivity contribution in [2.75, 3.05) is 25.5 Å². The fourth-order valence-electron chi connectivity index (χ4n) is 4.43. The number of benzene rings is 1. The summed E-state index contributed by atoms with van der Waals surface area (Å²) in [5.74, 6) is -0.385. The highest BCUT2D eigenvalue weighted by molar-refractivity contribution is 6.05. The minimum Gasteiger partial charge on any atom is -0.495 e. The van der Waals surface area contributed by atoms with E-state index in [-0.39, 0.29) is 22.5 Å². The maximum absolute atomic E-state index is 13.5. The van der Waals surface area contributed by atoms with Crippen LogP contribution in [0, 0.1) is 13.8 Å². The molecule has 1 N–H and O–H groups in total. The summed E-state index contributed by atoms with van der Waals surface area (Å²) in [6.07, 6.45) is 2.86. The van der Waals surface area contributed by atoms with Gasteiger partial charge in [0.1, 0.15) is 17.9 Å². The molecule has 3 heterocycles. The lowest BCUT2D eigenvalue weighted by Crippen LogP contribution is -2.43. The van der Waals surface area contributed by atoms with Crippen LogP contribution in [-0.2, 0) is 18.4 Å². The number of amides is 2. The Morgan fingerprint density at radius 3 is 2.49 bits per heavy atom. The van der Waals surface area contributed by atoms with Crippen LogP contribution in [0.5, 0.6) is 5.75 Å². The van der Waals surface area contributed by atoms with Crippen molar-refractivity contribution in [3.63, 3.8) is 0 Å². The Morgan fingerprint density at radius 1 is 1.09 bits per heavy atom. The molecule has 0 spiro atoms. The number of methoxy groups -OCH3 is 1.